The second-order valence-corrected chi connectivity index (χ2v) is 4.63. The number of aromatic carboxylic acids is 1. The van der Waals surface area contributed by atoms with Crippen LogP contribution in [-0.4, -0.2) is 16.2 Å². The molecule has 0 atom stereocenters. The predicted octanol–water partition coefficient (Wildman–Crippen LogP) is 3.31. The Kier molecular flexibility index (Phi) is 2.63. The highest BCUT2D eigenvalue weighted by Gasteiger charge is 2.19. The Morgan fingerprint density at radius 2 is 2.00 bits per heavy atom. The number of carbonyl (C=O) groups is 1. The summed E-state index contributed by atoms with van der Waals surface area (Å²) in [5.74, 6) is 0.118. The summed E-state index contributed by atoms with van der Waals surface area (Å²) in [6.45, 7) is 0. The molecule has 0 amide bonds. The summed E-state index contributed by atoms with van der Waals surface area (Å²) in [6, 6.07) is 9.53. The average Bonchev–Trinajstić information content (AvgIpc) is 2.77. The third kappa shape index (κ3) is 1.90. The van der Waals surface area contributed by atoms with E-state index in [-0.39, 0.29) is 5.69 Å². The summed E-state index contributed by atoms with van der Waals surface area (Å²) in [7, 11) is 0. The molecule has 1 N–H and O–H groups in total. The molecule has 0 aliphatic heterocycles. The molecule has 92 valence electrons. The van der Waals surface area contributed by atoms with Gasteiger partial charge < -0.3 is 9.63 Å². The number of hydrogen-bond donors (Lipinski definition) is 1. The summed E-state index contributed by atoms with van der Waals surface area (Å²) in [5.41, 5.74) is 2.15. The van der Waals surface area contributed by atoms with Crippen LogP contribution in [0.4, 0.5) is 0 Å². The molecule has 0 unspecified atom stereocenters. The lowest BCUT2D eigenvalue weighted by molar-refractivity contribution is 0.0686. The Morgan fingerprint density at radius 3 is 2.50 bits per heavy atom. The summed E-state index contributed by atoms with van der Waals surface area (Å²) in [6.07, 6.45) is 3.85. The van der Waals surface area contributed by atoms with Crippen molar-refractivity contribution in [2.24, 2.45) is 0 Å². The van der Waals surface area contributed by atoms with E-state index in [4.69, 9.17) is 9.63 Å². The Balaban J connectivity index is 1.84. The van der Waals surface area contributed by atoms with E-state index in [1.54, 1.807) is 0 Å². The first-order valence-electron chi connectivity index (χ1n) is 6.04. The number of hydrogen-bond acceptors (Lipinski definition) is 3. The van der Waals surface area contributed by atoms with Crippen LogP contribution >= 0.6 is 0 Å². The van der Waals surface area contributed by atoms with Gasteiger partial charge in [-0.25, -0.2) is 4.79 Å². The van der Waals surface area contributed by atoms with Crippen LogP contribution < -0.4 is 0 Å². The zero-order valence-electron chi connectivity index (χ0n) is 9.80. The van der Waals surface area contributed by atoms with Crippen LogP contribution in [0.1, 0.15) is 41.2 Å². The average molecular weight is 243 g/mol. The lowest BCUT2D eigenvalue weighted by atomic mass is 9.80. The lowest BCUT2D eigenvalue weighted by Crippen LogP contribution is -2.08. The fraction of sp³-hybridized carbons (Fsp3) is 0.286. The minimum atomic E-state index is -1.07. The molecule has 1 heterocycles. The highest BCUT2D eigenvalue weighted by Crippen LogP contribution is 2.36. The fourth-order valence-corrected chi connectivity index (χ4v) is 2.17. The molecular weight excluding hydrogens is 230 g/mol. The minimum Gasteiger partial charge on any atom is -0.476 e. The molecule has 1 aliphatic rings. The Bertz CT molecular complexity index is 567. The van der Waals surface area contributed by atoms with Crippen LogP contribution in [0.15, 0.2) is 34.9 Å². The van der Waals surface area contributed by atoms with E-state index < -0.39 is 5.97 Å². The molecule has 0 bridgehead atoms. The Morgan fingerprint density at radius 1 is 1.28 bits per heavy atom. The van der Waals surface area contributed by atoms with Crippen molar-refractivity contribution in [1.82, 2.24) is 5.16 Å². The Hall–Kier alpha value is -2.10. The normalized spacial score (nSPS) is 15.3. The summed E-state index contributed by atoms with van der Waals surface area (Å²) in [5, 5.41) is 12.3. The first-order valence-corrected chi connectivity index (χ1v) is 6.04. The van der Waals surface area contributed by atoms with E-state index in [0.717, 1.165) is 5.56 Å². The zero-order valence-corrected chi connectivity index (χ0v) is 9.80. The van der Waals surface area contributed by atoms with Crippen molar-refractivity contribution in [2.75, 3.05) is 0 Å². The van der Waals surface area contributed by atoms with E-state index in [1.807, 2.05) is 12.1 Å². The first kappa shape index (κ1) is 11.0. The van der Waals surface area contributed by atoms with E-state index in [1.165, 1.54) is 30.9 Å². The zero-order chi connectivity index (χ0) is 12.5. The van der Waals surface area contributed by atoms with Crippen molar-refractivity contribution >= 4 is 5.97 Å². The predicted molar refractivity (Wildman–Crippen MR) is 65.5 cm³/mol. The smallest absolute Gasteiger partial charge is 0.358 e. The van der Waals surface area contributed by atoms with Gasteiger partial charge in [0.05, 0.1) is 0 Å². The van der Waals surface area contributed by atoms with Crippen molar-refractivity contribution in [3.63, 3.8) is 0 Å². The van der Waals surface area contributed by atoms with Gasteiger partial charge in [-0.3, -0.25) is 0 Å². The molecule has 1 aromatic heterocycles. The summed E-state index contributed by atoms with van der Waals surface area (Å²) >= 11 is 0. The maximum absolute atomic E-state index is 10.7. The lowest BCUT2D eigenvalue weighted by Gasteiger charge is -2.25. The summed E-state index contributed by atoms with van der Waals surface area (Å²) in [4.78, 5) is 10.7. The molecular formula is C14H13NO3. The quantitative estimate of drug-likeness (QED) is 0.898. The molecule has 3 rings (SSSR count). The number of carboxylic acid groups (broad SMARTS) is 1. The first-order chi connectivity index (χ1) is 8.74. The van der Waals surface area contributed by atoms with Crippen LogP contribution in [0.3, 0.4) is 0 Å². The van der Waals surface area contributed by atoms with Gasteiger partial charge >= 0.3 is 5.97 Å². The molecule has 18 heavy (non-hydrogen) atoms. The second kappa shape index (κ2) is 4.29. The van der Waals surface area contributed by atoms with Gasteiger partial charge in [0.1, 0.15) is 0 Å². The number of nitrogens with zero attached hydrogens (tertiary/aromatic N) is 1. The van der Waals surface area contributed by atoms with Crippen molar-refractivity contribution in [3.05, 3.63) is 41.6 Å². The molecule has 1 fully saturated rings. The van der Waals surface area contributed by atoms with Gasteiger partial charge in [-0.2, -0.15) is 0 Å². The topological polar surface area (TPSA) is 63.3 Å². The van der Waals surface area contributed by atoms with Crippen molar-refractivity contribution < 1.29 is 14.4 Å². The van der Waals surface area contributed by atoms with Crippen LogP contribution in [-0.2, 0) is 0 Å². The molecule has 0 spiro atoms. The van der Waals surface area contributed by atoms with E-state index in [9.17, 15) is 4.79 Å². The van der Waals surface area contributed by atoms with Gasteiger partial charge in [0.2, 0.25) is 0 Å². The molecule has 1 aromatic carbocycles. The number of aromatic nitrogens is 1. The third-order valence-corrected chi connectivity index (χ3v) is 3.50. The van der Waals surface area contributed by atoms with Gasteiger partial charge in [0, 0.05) is 11.6 Å². The van der Waals surface area contributed by atoms with Gasteiger partial charge in [-0.1, -0.05) is 35.8 Å². The van der Waals surface area contributed by atoms with E-state index in [2.05, 4.69) is 17.3 Å². The number of benzene rings is 1. The fourth-order valence-electron chi connectivity index (χ4n) is 2.17. The molecule has 2 aromatic rings. The molecule has 4 nitrogen and oxygen atoms in total. The van der Waals surface area contributed by atoms with Crippen LogP contribution in [0, 0.1) is 0 Å². The van der Waals surface area contributed by atoms with Crippen molar-refractivity contribution in [2.45, 2.75) is 25.2 Å². The number of carboxylic acids is 1. The van der Waals surface area contributed by atoms with Gasteiger partial charge in [0.25, 0.3) is 0 Å². The largest absolute Gasteiger partial charge is 0.476 e. The molecule has 1 aliphatic carbocycles. The van der Waals surface area contributed by atoms with Crippen LogP contribution in [0.5, 0.6) is 0 Å². The van der Waals surface area contributed by atoms with Crippen LogP contribution in [0.25, 0.3) is 11.3 Å². The Labute approximate surface area is 104 Å². The van der Waals surface area contributed by atoms with Crippen LogP contribution in [0.2, 0.25) is 0 Å². The molecule has 4 heteroatoms. The maximum atomic E-state index is 10.7. The molecule has 0 radical (unpaired) electrons. The van der Waals surface area contributed by atoms with Gasteiger partial charge in [-0.15, -0.1) is 0 Å². The monoisotopic (exact) mass is 243 g/mol. The van der Waals surface area contributed by atoms with Gasteiger partial charge in [0.15, 0.2) is 11.5 Å². The molecule has 0 saturated heterocycles. The summed E-state index contributed by atoms with van der Waals surface area (Å²) < 4.78 is 5.02. The third-order valence-electron chi connectivity index (χ3n) is 3.50. The number of rotatable bonds is 3. The standard InChI is InChI=1S/C14H13NO3/c16-14(17)12-8-13(18-15-12)11-6-4-10(5-7-11)9-2-1-3-9/h4-9H,1-3H2,(H,16,17). The minimum absolute atomic E-state index is 0.0620. The SMILES string of the molecule is O=C(O)c1cc(-c2ccc(C3CCC3)cc2)on1. The maximum Gasteiger partial charge on any atom is 0.358 e. The van der Waals surface area contributed by atoms with E-state index in [0.29, 0.717) is 11.7 Å². The van der Waals surface area contributed by atoms with E-state index >= 15 is 0 Å². The van der Waals surface area contributed by atoms with Crippen molar-refractivity contribution in [1.29, 1.82) is 0 Å². The van der Waals surface area contributed by atoms with Crippen molar-refractivity contribution in [3.8, 4) is 11.3 Å². The van der Waals surface area contributed by atoms with Gasteiger partial charge in [-0.05, 0) is 24.3 Å². The highest BCUT2D eigenvalue weighted by molar-refractivity contribution is 5.86. The highest BCUT2D eigenvalue weighted by atomic mass is 16.5. The second-order valence-electron chi connectivity index (χ2n) is 4.63. The molecule has 1 saturated carbocycles.